The first-order valence-electron chi connectivity index (χ1n) is 20.7. The van der Waals surface area contributed by atoms with Gasteiger partial charge in [-0.1, -0.05) is 182 Å². The molecule has 0 fully saturated rings. The van der Waals surface area contributed by atoms with E-state index in [4.69, 9.17) is 4.42 Å². The summed E-state index contributed by atoms with van der Waals surface area (Å²) < 4.78 is 9.31. The van der Waals surface area contributed by atoms with Crippen LogP contribution in [0.5, 0.6) is 0 Å². The van der Waals surface area contributed by atoms with Gasteiger partial charge < -0.3 is 9.32 Å². The van der Waals surface area contributed by atoms with Crippen LogP contribution in [0.25, 0.3) is 97.4 Å². The van der Waals surface area contributed by atoms with Gasteiger partial charge in [0.15, 0.2) is 0 Å². The monoisotopic (exact) mass is 795 g/mol. The minimum absolute atomic E-state index is 0.854. The number of hydrogen-bond acceptors (Lipinski definition) is 3. The maximum Gasteiger partial charge on any atom is 0.137 e. The molecule has 0 saturated carbocycles. The zero-order chi connectivity index (χ0) is 40.3. The van der Waals surface area contributed by atoms with Gasteiger partial charge in [-0.05, 0) is 92.4 Å². The smallest absolute Gasteiger partial charge is 0.137 e. The standard InChI is InChI=1S/C58H37NOS/c1-5-16-38(17-6-1)42-28-30-48-54(36-42)60-53-27-15-26-51(56(48)53)59(50-34-32-44(40-20-9-3-10-21-40)46-24-13-14-25-47(46)50)52-35-33-45(41-22-11-4-12-23-41)58-57(52)49-31-29-43(37-55(49)61-58)39-18-7-2-8-19-39/h1-37H. The highest BCUT2D eigenvalue weighted by Gasteiger charge is 2.26. The summed E-state index contributed by atoms with van der Waals surface area (Å²) in [5, 5.41) is 7.01. The Bertz CT molecular complexity index is 3570. The van der Waals surface area contributed by atoms with E-state index >= 15 is 0 Å². The lowest BCUT2D eigenvalue weighted by atomic mass is 9.95. The Morgan fingerprint density at radius 1 is 0.311 bits per heavy atom. The average molecular weight is 796 g/mol. The minimum atomic E-state index is 0.854. The van der Waals surface area contributed by atoms with Gasteiger partial charge in [0.2, 0.25) is 0 Å². The molecule has 0 saturated heterocycles. The third-order valence-electron chi connectivity index (χ3n) is 12.1. The summed E-state index contributed by atoms with van der Waals surface area (Å²) in [6, 6.07) is 81.1. The predicted octanol–water partition coefficient (Wildman–Crippen LogP) is 17.2. The number of furan rings is 1. The fourth-order valence-corrected chi connectivity index (χ4v) is 10.5. The van der Waals surface area contributed by atoms with Crippen LogP contribution in [0.1, 0.15) is 0 Å². The molecule has 3 heteroatoms. The second-order valence-corrected chi connectivity index (χ2v) is 16.6. The molecule has 0 amide bonds. The SMILES string of the molecule is c1ccc(-c2ccc3c(c2)oc2cccc(N(c4ccc(-c5ccccc5)c5ccccc45)c4ccc(-c5ccccc5)c5sc6cc(-c7ccccc7)ccc6c45)c23)cc1. The molecule has 10 aromatic carbocycles. The molecule has 0 bridgehead atoms. The van der Waals surface area contributed by atoms with Crippen molar-refractivity contribution in [2.75, 3.05) is 4.90 Å². The highest BCUT2D eigenvalue weighted by molar-refractivity contribution is 7.26. The maximum atomic E-state index is 6.79. The molecule has 2 aromatic heterocycles. The number of benzene rings is 10. The fraction of sp³-hybridized carbons (Fsp3) is 0. The van der Waals surface area contributed by atoms with E-state index in [1.165, 1.54) is 64.3 Å². The molecule has 0 N–H and O–H groups in total. The van der Waals surface area contributed by atoms with Crippen LogP contribution < -0.4 is 4.90 Å². The summed E-state index contributed by atoms with van der Waals surface area (Å²) >= 11 is 1.88. The van der Waals surface area contributed by atoms with E-state index < -0.39 is 0 Å². The summed E-state index contributed by atoms with van der Waals surface area (Å²) in [6.45, 7) is 0. The van der Waals surface area contributed by atoms with Crippen LogP contribution in [0.4, 0.5) is 17.1 Å². The van der Waals surface area contributed by atoms with Crippen molar-refractivity contribution in [1.29, 1.82) is 0 Å². The van der Waals surface area contributed by atoms with Crippen molar-refractivity contribution in [3.63, 3.8) is 0 Å². The summed E-state index contributed by atoms with van der Waals surface area (Å²) in [5.41, 5.74) is 14.6. The van der Waals surface area contributed by atoms with E-state index in [9.17, 15) is 0 Å². The molecule has 0 aliphatic rings. The quantitative estimate of drug-likeness (QED) is 0.160. The molecule has 12 rings (SSSR count). The van der Waals surface area contributed by atoms with Crippen molar-refractivity contribution in [2.45, 2.75) is 0 Å². The number of fused-ring (bicyclic) bond motifs is 7. The number of nitrogens with zero attached hydrogens (tertiary/aromatic N) is 1. The second kappa shape index (κ2) is 14.5. The third kappa shape index (κ3) is 5.93. The summed E-state index contributed by atoms with van der Waals surface area (Å²) in [7, 11) is 0. The first-order chi connectivity index (χ1) is 30.3. The zero-order valence-electron chi connectivity index (χ0n) is 33.1. The van der Waals surface area contributed by atoms with Gasteiger partial charge in [0.1, 0.15) is 11.2 Å². The molecular formula is C58H37NOS. The lowest BCUT2D eigenvalue weighted by molar-refractivity contribution is 0.669. The number of thiophene rings is 1. The largest absolute Gasteiger partial charge is 0.456 e. The van der Waals surface area contributed by atoms with Gasteiger partial charge in [0, 0.05) is 30.9 Å². The number of rotatable bonds is 7. The molecule has 2 heterocycles. The van der Waals surface area contributed by atoms with E-state index in [1.807, 2.05) is 11.3 Å². The molecule has 0 aliphatic carbocycles. The van der Waals surface area contributed by atoms with Crippen LogP contribution in [0, 0.1) is 0 Å². The van der Waals surface area contributed by atoms with Crippen molar-refractivity contribution >= 4 is 81.3 Å². The maximum absolute atomic E-state index is 6.79. The number of hydrogen-bond donors (Lipinski definition) is 0. The van der Waals surface area contributed by atoms with E-state index in [2.05, 4.69) is 229 Å². The van der Waals surface area contributed by atoms with Gasteiger partial charge in [-0.15, -0.1) is 11.3 Å². The molecule has 0 aliphatic heterocycles. The predicted molar refractivity (Wildman–Crippen MR) is 261 cm³/mol. The van der Waals surface area contributed by atoms with E-state index in [1.54, 1.807) is 0 Å². The van der Waals surface area contributed by atoms with Crippen molar-refractivity contribution in [3.05, 3.63) is 224 Å². The van der Waals surface area contributed by atoms with Crippen molar-refractivity contribution in [1.82, 2.24) is 0 Å². The average Bonchev–Trinajstić information content (AvgIpc) is 3.91. The highest BCUT2D eigenvalue weighted by atomic mass is 32.1. The molecule has 286 valence electrons. The summed E-state index contributed by atoms with van der Waals surface area (Å²) in [4.78, 5) is 2.51. The van der Waals surface area contributed by atoms with E-state index in [0.29, 0.717) is 0 Å². The van der Waals surface area contributed by atoms with E-state index in [0.717, 1.165) is 50.1 Å². The van der Waals surface area contributed by atoms with Crippen LogP contribution >= 0.6 is 11.3 Å². The molecule has 61 heavy (non-hydrogen) atoms. The van der Waals surface area contributed by atoms with Gasteiger partial charge in [0.05, 0.1) is 22.4 Å². The Kier molecular flexibility index (Phi) is 8.39. The van der Waals surface area contributed by atoms with Crippen LogP contribution in [-0.2, 0) is 0 Å². The Balaban J connectivity index is 1.18. The zero-order valence-corrected chi connectivity index (χ0v) is 33.9. The first kappa shape index (κ1) is 35.2. The lowest BCUT2D eigenvalue weighted by Gasteiger charge is -2.29. The van der Waals surface area contributed by atoms with E-state index in [-0.39, 0.29) is 0 Å². The topological polar surface area (TPSA) is 16.4 Å². The van der Waals surface area contributed by atoms with Gasteiger partial charge in [-0.3, -0.25) is 0 Å². The normalized spacial score (nSPS) is 11.6. The van der Waals surface area contributed by atoms with Crippen LogP contribution in [0.2, 0.25) is 0 Å². The van der Waals surface area contributed by atoms with Crippen molar-refractivity contribution in [2.24, 2.45) is 0 Å². The molecular weight excluding hydrogens is 759 g/mol. The lowest BCUT2D eigenvalue weighted by Crippen LogP contribution is -2.11. The van der Waals surface area contributed by atoms with Crippen molar-refractivity contribution in [3.8, 4) is 44.5 Å². The molecule has 2 nitrogen and oxygen atoms in total. The molecule has 0 radical (unpaired) electrons. The summed E-state index contributed by atoms with van der Waals surface area (Å²) in [6.07, 6.45) is 0. The Hall–Kier alpha value is -7.72. The van der Waals surface area contributed by atoms with Crippen LogP contribution in [0.15, 0.2) is 229 Å². The fourth-order valence-electron chi connectivity index (χ4n) is 9.24. The second-order valence-electron chi connectivity index (χ2n) is 15.6. The molecule has 0 spiro atoms. The Labute approximate surface area is 357 Å². The highest BCUT2D eigenvalue weighted by Crippen LogP contribution is 2.52. The Morgan fingerprint density at radius 3 is 1.54 bits per heavy atom. The van der Waals surface area contributed by atoms with Gasteiger partial charge in [0.25, 0.3) is 0 Å². The van der Waals surface area contributed by atoms with Gasteiger partial charge in [-0.2, -0.15) is 0 Å². The van der Waals surface area contributed by atoms with Gasteiger partial charge in [-0.25, -0.2) is 0 Å². The molecule has 0 unspecified atom stereocenters. The molecule has 12 aromatic rings. The molecule has 0 atom stereocenters. The Morgan fingerprint density at radius 2 is 0.852 bits per heavy atom. The minimum Gasteiger partial charge on any atom is -0.456 e. The van der Waals surface area contributed by atoms with Crippen LogP contribution in [-0.4, -0.2) is 0 Å². The van der Waals surface area contributed by atoms with Crippen molar-refractivity contribution < 1.29 is 4.42 Å². The first-order valence-corrected chi connectivity index (χ1v) is 21.6. The number of anilines is 3. The summed E-state index contributed by atoms with van der Waals surface area (Å²) in [5.74, 6) is 0. The third-order valence-corrected chi connectivity index (χ3v) is 13.3. The van der Waals surface area contributed by atoms with Crippen LogP contribution in [0.3, 0.4) is 0 Å². The van der Waals surface area contributed by atoms with Gasteiger partial charge >= 0.3 is 0 Å².